The van der Waals surface area contributed by atoms with E-state index < -0.39 is 0 Å². The number of benzene rings is 4. The van der Waals surface area contributed by atoms with E-state index in [1.165, 1.54) is 33.1 Å². The van der Waals surface area contributed by atoms with Gasteiger partial charge in [0, 0.05) is 81.7 Å². The van der Waals surface area contributed by atoms with Crippen molar-refractivity contribution in [1.82, 2.24) is 18.9 Å². The molecule has 4 nitrogen and oxygen atoms in total. The van der Waals surface area contributed by atoms with Crippen molar-refractivity contribution in [3.05, 3.63) is 118 Å². The molecule has 6 heteroatoms. The first-order chi connectivity index (χ1) is 21.8. The van der Waals surface area contributed by atoms with E-state index in [0.29, 0.717) is 17.6 Å². The van der Waals surface area contributed by atoms with Crippen LogP contribution >= 0.6 is 11.6 Å². The van der Waals surface area contributed by atoms with Crippen molar-refractivity contribution in [2.75, 3.05) is 21.1 Å². The first-order valence-electron chi connectivity index (χ1n) is 15.9. The van der Waals surface area contributed by atoms with Crippen LogP contribution in [-0.4, -0.2) is 52.2 Å². The van der Waals surface area contributed by atoms with Gasteiger partial charge < -0.3 is 14.0 Å². The van der Waals surface area contributed by atoms with Gasteiger partial charge in [-0.2, -0.15) is 0 Å². The number of para-hydroxylation sites is 2. The van der Waals surface area contributed by atoms with Crippen molar-refractivity contribution < 1.29 is 4.39 Å². The molecule has 6 aromatic rings. The summed E-state index contributed by atoms with van der Waals surface area (Å²) < 4.78 is 20.5. The number of hydrogen-bond acceptors (Lipinski definition) is 2. The van der Waals surface area contributed by atoms with Gasteiger partial charge in [0.25, 0.3) is 0 Å². The Balaban J connectivity index is 1.11. The van der Waals surface area contributed by atoms with Crippen LogP contribution in [0.5, 0.6) is 0 Å². The van der Waals surface area contributed by atoms with Crippen molar-refractivity contribution in [2.45, 2.75) is 51.5 Å². The molecule has 2 aliphatic heterocycles. The third-order valence-electron chi connectivity index (χ3n) is 10.4. The Morgan fingerprint density at radius 3 is 2.29 bits per heavy atom. The molecule has 2 aliphatic rings. The van der Waals surface area contributed by atoms with Gasteiger partial charge in [0.05, 0.1) is 11.0 Å². The largest absolute Gasteiger partial charge is 0.345 e. The molecule has 228 valence electrons. The summed E-state index contributed by atoms with van der Waals surface area (Å²) in [4.78, 5) is 4.73. The van der Waals surface area contributed by atoms with Crippen LogP contribution in [-0.2, 0) is 32.5 Å². The second-order valence-electron chi connectivity index (χ2n) is 13.3. The van der Waals surface area contributed by atoms with E-state index in [4.69, 9.17) is 11.6 Å². The second-order valence-corrected chi connectivity index (χ2v) is 13.7. The standard InChI is InChI=1S/C39H38ClFN4/c1-24-37(32-13-8-10-27-18-28(42(2)3)22-45(24)39(27)32)33-17-25(15-16-36(33)41)20-43(4)29-19-26-9-7-12-31-34(23-44(21-29)38(26)31)30-11-5-6-14-35(30)40/h5-17,23,28-29H,18-22H2,1-4H3/t28-,29+/m0/s1. The van der Waals surface area contributed by atoms with Crippen LogP contribution in [0.4, 0.5) is 4.39 Å². The maximum atomic E-state index is 15.7. The van der Waals surface area contributed by atoms with Gasteiger partial charge in [0.2, 0.25) is 0 Å². The molecule has 0 fully saturated rings. The first-order valence-corrected chi connectivity index (χ1v) is 16.3. The predicted octanol–water partition coefficient (Wildman–Crippen LogP) is 8.57. The highest BCUT2D eigenvalue weighted by molar-refractivity contribution is 6.33. The average Bonchev–Trinajstić information content (AvgIpc) is 3.55. The minimum atomic E-state index is -0.161. The summed E-state index contributed by atoms with van der Waals surface area (Å²) in [5.74, 6) is -0.161. The predicted molar refractivity (Wildman–Crippen MR) is 185 cm³/mol. The van der Waals surface area contributed by atoms with E-state index in [-0.39, 0.29) is 5.82 Å². The van der Waals surface area contributed by atoms with Crippen LogP contribution in [0.25, 0.3) is 44.1 Å². The summed E-state index contributed by atoms with van der Waals surface area (Å²) >= 11 is 6.64. The molecule has 0 saturated carbocycles. The van der Waals surface area contributed by atoms with Gasteiger partial charge in [0.1, 0.15) is 5.82 Å². The summed E-state index contributed by atoms with van der Waals surface area (Å²) in [7, 11) is 6.50. The fourth-order valence-corrected chi connectivity index (χ4v) is 8.22. The molecule has 2 atom stereocenters. The van der Waals surface area contributed by atoms with E-state index in [9.17, 15) is 0 Å². The smallest absolute Gasteiger partial charge is 0.131 e. The number of likely N-dealkylation sites (N-methyl/N-ethyl adjacent to an activating group) is 2. The van der Waals surface area contributed by atoms with Gasteiger partial charge in [-0.05, 0) is 75.8 Å². The molecule has 0 bridgehead atoms. The van der Waals surface area contributed by atoms with Gasteiger partial charge in [-0.15, -0.1) is 0 Å². The molecule has 45 heavy (non-hydrogen) atoms. The Labute approximate surface area is 269 Å². The van der Waals surface area contributed by atoms with E-state index in [1.54, 1.807) is 6.07 Å². The molecule has 0 unspecified atom stereocenters. The minimum Gasteiger partial charge on any atom is -0.345 e. The van der Waals surface area contributed by atoms with Crippen molar-refractivity contribution in [2.24, 2.45) is 0 Å². The summed E-state index contributed by atoms with van der Waals surface area (Å²) in [5.41, 5.74) is 11.5. The second kappa shape index (κ2) is 10.9. The molecule has 0 N–H and O–H groups in total. The lowest BCUT2D eigenvalue weighted by Gasteiger charge is -2.32. The Kier molecular flexibility index (Phi) is 6.90. The number of nitrogens with zero attached hydrogens (tertiary/aromatic N) is 4. The fraction of sp³-hybridized carbons (Fsp3) is 0.282. The minimum absolute atomic E-state index is 0.161. The van der Waals surface area contributed by atoms with Crippen molar-refractivity contribution in [1.29, 1.82) is 0 Å². The van der Waals surface area contributed by atoms with Crippen LogP contribution in [0.2, 0.25) is 5.02 Å². The Hall–Kier alpha value is -3.90. The molecule has 4 aromatic carbocycles. The quantitative estimate of drug-likeness (QED) is 0.186. The molecule has 4 heterocycles. The van der Waals surface area contributed by atoms with E-state index in [1.807, 2.05) is 24.3 Å². The zero-order valence-corrected chi connectivity index (χ0v) is 27.1. The Bertz CT molecular complexity index is 2100. The lowest BCUT2D eigenvalue weighted by Crippen LogP contribution is -2.38. The summed E-state index contributed by atoms with van der Waals surface area (Å²) in [6, 6.07) is 27.7. The van der Waals surface area contributed by atoms with Crippen LogP contribution in [0, 0.1) is 12.7 Å². The molecule has 2 aromatic heterocycles. The van der Waals surface area contributed by atoms with Crippen LogP contribution in [0.1, 0.15) is 22.4 Å². The number of rotatable bonds is 6. The van der Waals surface area contributed by atoms with Crippen molar-refractivity contribution in [3.63, 3.8) is 0 Å². The van der Waals surface area contributed by atoms with E-state index >= 15 is 4.39 Å². The highest BCUT2D eigenvalue weighted by Gasteiger charge is 2.29. The fourth-order valence-electron chi connectivity index (χ4n) is 7.98. The zero-order valence-electron chi connectivity index (χ0n) is 26.3. The van der Waals surface area contributed by atoms with Crippen molar-refractivity contribution >= 4 is 33.4 Å². The van der Waals surface area contributed by atoms with Crippen molar-refractivity contribution in [3.8, 4) is 22.3 Å². The molecule has 0 amide bonds. The topological polar surface area (TPSA) is 16.3 Å². The Morgan fingerprint density at radius 1 is 0.778 bits per heavy atom. The molecule has 0 aliphatic carbocycles. The highest BCUT2D eigenvalue weighted by Crippen LogP contribution is 2.41. The van der Waals surface area contributed by atoms with E-state index in [0.717, 1.165) is 65.3 Å². The molecular weight excluding hydrogens is 579 g/mol. The maximum absolute atomic E-state index is 15.7. The van der Waals surface area contributed by atoms with Gasteiger partial charge >= 0.3 is 0 Å². The van der Waals surface area contributed by atoms with Gasteiger partial charge in [0.15, 0.2) is 0 Å². The summed E-state index contributed by atoms with van der Waals surface area (Å²) in [5, 5.41) is 3.18. The molecule has 0 radical (unpaired) electrons. The summed E-state index contributed by atoms with van der Waals surface area (Å²) in [6.45, 7) is 4.71. The SMILES string of the molecule is Cc1c(-c2cc(CN(C)[C@@H]3Cc4cccc5c(-c6ccccc6Cl)cn(c45)C3)ccc2F)c2cccc3c2n1C[C@@H](N(C)C)C3. The normalized spacial score (nSPS) is 17.7. The molecule has 8 rings (SSSR count). The molecular formula is C39H38ClFN4. The maximum Gasteiger partial charge on any atom is 0.131 e. The van der Waals surface area contributed by atoms with Crippen LogP contribution < -0.4 is 0 Å². The van der Waals surface area contributed by atoms with Crippen LogP contribution in [0.3, 0.4) is 0 Å². The lowest BCUT2D eigenvalue weighted by molar-refractivity contribution is 0.206. The highest BCUT2D eigenvalue weighted by atomic mass is 35.5. The van der Waals surface area contributed by atoms with Gasteiger partial charge in [-0.3, -0.25) is 4.90 Å². The lowest BCUT2D eigenvalue weighted by atomic mass is 9.95. The van der Waals surface area contributed by atoms with Gasteiger partial charge in [-0.25, -0.2) is 4.39 Å². The zero-order chi connectivity index (χ0) is 31.0. The summed E-state index contributed by atoms with van der Waals surface area (Å²) in [6.07, 6.45) is 4.25. The van der Waals surface area contributed by atoms with E-state index in [2.05, 4.69) is 102 Å². The third-order valence-corrected chi connectivity index (χ3v) is 10.7. The number of aromatic nitrogens is 2. The monoisotopic (exact) mass is 616 g/mol. The van der Waals surface area contributed by atoms with Crippen LogP contribution in [0.15, 0.2) is 85.1 Å². The number of halogens is 2. The Morgan fingerprint density at radius 2 is 1.51 bits per heavy atom. The number of hydrogen-bond donors (Lipinski definition) is 0. The average molecular weight is 617 g/mol. The molecule has 0 spiro atoms. The molecule has 0 saturated heterocycles. The first kappa shape index (κ1) is 28.6. The van der Waals surface area contributed by atoms with Gasteiger partial charge in [-0.1, -0.05) is 72.3 Å². The third kappa shape index (κ3) is 4.63.